The number of hydrogen-bond acceptors (Lipinski definition) is 4. The number of aromatic nitrogens is 1. The number of nitrogens with zero attached hydrogens (tertiary/aromatic N) is 2. The first-order chi connectivity index (χ1) is 12.2. The second-order valence-electron chi connectivity index (χ2n) is 6.50. The SMILES string of the molecule is Fc1c(Cl)cccc1O[C@H]1CCCc2ccc(N3CCNCC3)nc21. The van der Waals surface area contributed by atoms with Crippen molar-refractivity contribution in [3.05, 3.63) is 52.4 Å². The molecule has 1 aromatic carbocycles. The van der Waals surface area contributed by atoms with E-state index in [1.807, 2.05) is 0 Å². The molecular weight excluding hydrogens is 341 g/mol. The highest BCUT2D eigenvalue weighted by molar-refractivity contribution is 6.30. The monoisotopic (exact) mass is 361 g/mol. The Bertz CT molecular complexity index is 764. The van der Waals surface area contributed by atoms with E-state index < -0.39 is 5.82 Å². The highest BCUT2D eigenvalue weighted by atomic mass is 35.5. The van der Waals surface area contributed by atoms with Crippen molar-refractivity contribution in [2.24, 2.45) is 0 Å². The van der Waals surface area contributed by atoms with Gasteiger partial charge in [0.05, 0.1) is 10.7 Å². The van der Waals surface area contributed by atoms with Crippen LogP contribution in [0.4, 0.5) is 10.2 Å². The van der Waals surface area contributed by atoms with E-state index in [2.05, 4.69) is 22.3 Å². The summed E-state index contributed by atoms with van der Waals surface area (Å²) in [5.41, 5.74) is 2.12. The maximum absolute atomic E-state index is 14.2. The van der Waals surface area contributed by atoms with Gasteiger partial charge in [-0.2, -0.15) is 0 Å². The van der Waals surface area contributed by atoms with Crippen molar-refractivity contribution in [2.75, 3.05) is 31.1 Å². The minimum Gasteiger partial charge on any atom is -0.481 e. The van der Waals surface area contributed by atoms with E-state index in [0.717, 1.165) is 57.0 Å². The zero-order valence-corrected chi connectivity index (χ0v) is 14.7. The largest absolute Gasteiger partial charge is 0.481 e. The Balaban J connectivity index is 1.62. The van der Waals surface area contributed by atoms with Crippen molar-refractivity contribution >= 4 is 17.4 Å². The molecule has 25 heavy (non-hydrogen) atoms. The van der Waals surface area contributed by atoms with Crippen molar-refractivity contribution in [1.82, 2.24) is 10.3 Å². The first-order valence-corrected chi connectivity index (χ1v) is 9.16. The highest BCUT2D eigenvalue weighted by Gasteiger charge is 2.26. The molecule has 0 radical (unpaired) electrons. The molecular formula is C19H21ClFN3O. The number of piperazine rings is 1. The average Bonchev–Trinajstić information content (AvgIpc) is 2.66. The van der Waals surface area contributed by atoms with Crippen LogP contribution in [0.3, 0.4) is 0 Å². The lowest BCUT2D eigenvalue weighted by atomic mass is 9.93. The predicted molar refractivity (Wildman–Crippen MR) is 97.0 cm³/mol. The Labute approximate surface area is 152 Å². The number of nitrogens with one attached hydrogen (secondary N) is 1. The van der Waals surface area contributed by atoms with Gasteiger partial charge in [0.25, 0.3) is 0 Å². The molecule has 0 unspecified atom stereocenters. The molecule has 0 bridgehead atoms. The molecule has 2 heterocycles. The van der Waals surface area contributed by atoms with Crippen LogP contribution in [0.25, 0.3) is 0 Å². The maximum atomic E-state index is 14.2. The van der Waals surface area contributed by atoms with Crippen molar-refractivity contribution in [1.29, 1.82) is 0 Å². The zero-order valence-electron chi connectivity index (χ0n) is 14.0. The summed E-state index contributed by atoms with van der Waals surface area (Å²) < 4.78 is 20.2. The van der Waals surface area contributed by atoms with Crippen molar-refractivity contribution in [2.45, 2.75) is 25.4 Å². The van der Waals surface area contributed by atoms with Gasteiger partial charge in [-0.3, -0.25) is 0 Å². The summed E-state index contributed by atoms with van der Waals surface area (Å²) in [5, 5.41) is 3.43. The highest BCUT2D eigenvalue weighted by Crippen LogP contribution is 2.35. The van der Waals surface area contributed by atoms with Crippen molar-refractivity contribution < 1.29 is 9.13 Å². The zero-order chi connectivity index (χ0) is 17.2. The molecule has 1 aliphatic carbocycles. The summed E-state index contributed by atoms with van der Waals surface area (Å²) in [6.07, 6.45) is 2.59. The third-order valence-electron chi connectivity index (χ3n) is 4.84. The summed E-state index contributed by atoms with van der Waals surface area (Å²) in [6, 6.07) is 9.08. The normalized spacial score (nSPS) is 20.2. The van der Waals surface area contributed by atoms with Gasteiger partial charge >= 0.3 is 0 Å². The number of rotatable bonds is 3. The minimum absolute atomic E-state index is 0.0797. The number of fused-ring (bicyclic) bond motifs is 1. The van der Waals surface area contributed by atoms with Crippen molar-refractivity contribution in [3.63, 3.8) is 0 Å². The number of benzene rings is 1. The first-order valence-electron chi connectivity index (χ1n) is 8.78. The maximum Gasteiger partial charge on any atom is 0.183 e. The smallest absolute Gasteiger partial charge is 0.183 e. The number of pyridine rings is 1. The van der Waals surface area contributed by atoms with Crippen LogP contribution in [0.2, 0.25) is 5.02 Å². The van der Waals surface area contributed by atoms with Crippen LogP contribution in [0.1, 0.15) is 30.2 Å². The molecule has 1 aliphatic heterocycles. The molecule has 2 aromatic rings. The van der Waals surface area contributed by atoms with Crippen LogP contribution in [0.15, 0.2) is 30.3 Å². The molecule has 0 amide bonds. The Morgan fingerprint density at radius 3 is 2.88 bits per heavy atom. The quantitative estimate of drug-likeness (QED) is 0.903. The Kier molecular flexibility index (Phi) is 4.77. The van der Waals surface area contributed by atoms with Gasteiger partial charge in [-0.25, -0.2) is 9.37 Å². The van der Waals surface area contributed by atoms with Gasteiger partial charge in [0, 0.05) is 26.2 Å². The lowest BCUT2D eigenvalue weighted by molar-refractivity contribution is 0.170. The van der Waals surface area contributed by atoms with Gasteiger partial charge in [0.15, 0.2) is 11.6 Å². The summed E-state index contributed by atoms with van der Waals surface area (Å²) >= 11 is 5.88. The van der Waals surface area contributed by atoms with Gasteiger partial charge in [0.1, 0.15) is 11.9 Å². The number of halogens is 2. The molecule has 4 rings (SSSR count). The van der Waals surface area contributed by atoms with Gasteiger partial charge in [-0.1, -0.05) is 23.7 Å². The lowest BCUT2D eigenvalue weighted by Gasteiger charge is -2.31. The summed E-state index contributed by atoms with van der Waals surface area (Å²) in [7, 11) is 0. The summed E-state index contributed by atoms with van der Waals surface area (Å²) in [4.78, 5) is 7.16. The molecule has 2 aliphatic rings. The van der Waals surface area contributed by atoms with Crippen LogP contribution >= 0.6 is 11.6 Å². The van der Waals surface area contributed by atoms with Crippen LogP contribution in [-0.2, 0) is 6.42 Å². The van der Waals surface area contributed by atoms with Crippen LogP contribution in [0.5, 0.6) is 5.75 Å². The van der Waals surface area contributed by atoms with E-state index in [4.69, 9.17) is 21.3 Å². The second-order valence-corrected chi connectivity index (χ2v) is 6.91. The fourth-order valence-electron chi connectivity index (χ4n) is 3.51. The first kappa shape index (κ1) is 16.6. The Morgan fingerprint density at radius 1 is 1.20 bits per heavy atom. The average molecular weight is 362 g/mol. The fraction of sp³-hybridized carbons (Fsp3) is 0.421. The molecule has 0 saturated carbocycles. The Morgan fingerprint density at radius 2 is 2.04 bits per heavy atom. The topological polar surface area (TPSA) is 37.4 Å². The molecule has 1 fully saturated rings. The third-order valence-corrected chi connectivity index (χ3v) is 5.13. The van der Waals surface area contributed by atoms with E-state index in [9.17, 15) is 4.39 Å². The molecule has 4 nitrogen and oxygen atoms in total. The van der Waals surface area contributed by atoms with E-state index >= 15 is 0 Å². The number of anilines is 1. The van der Waals surface area contributed by atoms with Gasteiger partial charge < -0.3 is 15.0 Å². The van der Waals surface area contributed by atoms with Crippen LogP contribution in [0, 0.1) is 5.82 Å². The van der Waals surface area contributed by atoms with Gasteiger partial charge in [0.2, 0.25) is 0 Å². The number of hydrogen-bond donors (Lipinski definition) is 1. The van der Waals surface area contributed by atoms with E-state index in [1.165, 1.54) is 11.6 Å². The predicted octanol–water partition coefficient (Wildman–Crippen LogP) is 3.74. The number of ether oxygens (including phenoxy) is 1. The molecule has 1 N–H and O–H groups in total. The molecule has 6 heteroatoms. The molecule has 132 valence electrons. The van der Waals surface area contributed by atoms with Gasteiger partial charge in [-0.15, -0.1) is 0 Å². The molecule has 1 aromatic heterocycles. The molecule has 0 spiro atoms. The Hall–Kier alpha value is -1.85. The molecule has 1 atom stereocenters. The van der Waals surface area contributed by atoms with E-state index in [1.54, 1.807) is 12.1 Å². The van der Waals surface area contributed by atoms with Crippen LogP contribution in [-0.4, -0.2) is 31.2 Å². The summed E-state index contributed by atoms with van der Waals surface area (Å²) in [5.74, 6) is 0.664. The minimum atomic E-state index is -0.505. The standard InChI is InChI=1S/C19H21ClFN3O/c20-14-4-2-5-15(18(14)21)25-16-6-1-3-13-7-8-17(23-19(13)16)24-11-9-22-10-12-24/h2,4-5,7-8,16,22H,1,3,6,9-12H2/t16-/m0/s1. The fourth-order valence-corrected chi connectivity index (χ4v) is 3.68. The van der Waals surface area contributed by atoms with Crippen LogP contribution < -0.4 is 15.0 Å². The third kappa shape index (κ3) is 3.44. The van der Waals surface area contributed by atoms with Gasteiger partial charge in [-0.05, 0) is 43.0 Å². The summed E-state index contributed by atoms with van der Waals surface area (Å²) in [6.45, 7) is 3.82. The van der Waals surface area contributed by atoms with E-state index in [0.29, 0.717) is 0 Å². The number of aryl methyl sites for hydroxylation is 1. The molecule has 1 saturated heterocycles. The van der Waals surface area contributed by atoms with E-state index in [-0.39, 0.29) is 16.9 Å². The lowest BCUT2D eigenvalue weighted by Crippen LogP contribution is -2.44. The second kappa shape index (κ2) is 7.18. The van der Waals surface area contributed by atoms with Crippen molar-refractivity contribution in [3.8, 4) is 5.75 Å².